The highest BCUT2D eigenvalue weighted by Crippen LogP contribution is 2.47. The quantitative estimate of drug-likeness (QED) is 0.107. The minimum atomic E-state index is -2.31. The Morgan fingerprint density at radius 2 is 1.93 bits per heavy atom. The van der Waals surface area contributed by atoms with E-state index in [1.807, 2.05) is 0 Å². The van der Waals surface area contributed by atoms with Gasteiger partial charge in [0.1, 0.15) is 28.9 Å². The van der Waals surface area contributed by atoms with Gasteiger partial charge in [-0.3, -0.25) is 14.4 Å². The second-order valence-electron chi connectivity index (χ2n) is 10.6. The van der Waals surface area contributed by atoms with Crippen LogP contribution in [0.4, 0.5) is 0 Å². The number of aldehydes is 1. The SMILES string of the molecule is CO[P+](=O)OCC1CC(O)CC1C(=O)CCc1cc2c(-c3ccccc3C=O)c3cc(Cl)c(=O)c(C)c-3oc2c(Cl)c1O. The molecule has 4 atom stereocenters. The van der Waals surface area contributed by atoms with E-state index in [2.05, 4.69) is 4.52 Å². The largest absolute Gasteiger partial charge is 0.697 e. The van der Waals surface area contributed by atoms with Crippen molar-refractivity contribution in [1.29, 1.82) is 0 Å². The Morgan fingerprint density at radius 3 is 2.65 bits per heavy atom. The van der Waals surface area contributed by atoms with Gasteiger partial charge in [-0.25, -0.2) is 0 Å². The second-order valence-corrected chi connectivity index (χ2v) is 12.5. The lowest BCUT2D eigenvalue weighted by molar-refractivity contribution is -0.124. The maximum Gasteiger partial charge on any atom is 0.697 e. The van der Waals surface area contributed by atoms with Gasteiger partial charge in [-0.15, -0.1) is 9.05 Å². The fourth-order valence-electron chi connectivity index (χ4n) is 5.90. The monoisotopic (exact) mass is 645 g/mol. The third kappa shape index (κ3) is 5.98. The fraction of sp³-hybridized carbons (Fsp3) is 0.323. The number of phenolic OH excluding ortho intramolecular Hbond substituents is 1. The molecule has 0 aromatic heterocycles. The summed E-state index contributed by atoms with van der Waals surface area (Å²) in [6, 6.07) is 10.0. The Labute approximate surface area is 257 Å². The number of halogens is 2. The van der Waals surface area contributed by atoms with Gasteiger partial charge in [0, 0.05) is 44.5 Å². The van der Waals surface area contributed by atoms with Crippen LogP contribution in [0.15, 0.2) is 45.6 Å². The number of rotatable bonds is 10. The van der Waals surface area contributed by atoms with Gasteiger partial charge in [0.2, 0.25) is 5.43 Å². The average Bonchev–Trinajstić information content (AvgIpc) is 3.39. The van der Waals surface area contributed by atoms with E-state index >= 15 is 0 Å². The first-order valence-corrected chi connectivity index (χ1v) is 15.4. The topological polar surface area (TPSA) is 140 Å². The van der Waals surface area contributed by atoms with Crippen molar-refractivity contribution in [2.24, 2.45) is 11.8 Å². The molecule has 3 aliphatic rings. The Bertz CT molecular complexity index is 1780. The van der Waals surface area contributed by atoms with Crippen LogP contribution in [-0.4, -0.2) is 42.1 Å². The smallest absolute Gasteiger partial charge is 0.506 e. The van der Waals surface area contributed by atoms with E-state index in [4.69, 9.17) is 32.1 Å². The normalized spacial score (nSPS) is 18.8. The van der Waals surface area contributed by atoms with E-state index < -0.39 is 25.7 Å². The summed E-state index contributed by atoms with van der Waals surface area (Å²) in [5.41, 5.74) is 2.21. The number of aromatic hydroxyl groups is 1. The van der Waals surface area contributed by atoms with Crippen LogP contribution < -0.4 is 5.43 Å². The third-order valence-corrected chi connectivity index (χ3v) is 9.34. The average molecular weight is 646 g/mol. The molecule has 1 heterocycles. The van der Waals surface area contributed by atoms with Gasteiger partial charge < -0.3 is 14.6 Å². The van der Waals surface area contributed by atoms with E-state index in [0.717, 1.165) is 0 Å². The molecule has 1 aliphatic heterocycles. The standard InChI is InChI=1S/C31H27Cl2O9P/c1-15-28(37)24(32)12-23-26(20-6-4-3-5-17(20)13-34)22-10-16(29(38)27(33)31(22)42-30(15)23)7-8-25(36)21-11-19(35)9-18(21)14-41-43(39)40-2/h3-6,10,12-13,18-19,21,35H,7-9,11,14H2,1-2H3/p+1. The number of fused-ring (bicyclic) bond motifs is 2. The van der Waals surface area contributed by atoms with Gasteiger partial charge in [0.05, 0.1) is 18.2 Å². The molecular weight excluding hydrogens is 618 g/mol. The Kier molecular flexibility index (Phi) is 9.32. The van der Waals surface area contributed by atoms with Crippen molar-refractivity contribution in [3.63, 3.8) is 0 Å². The van der Waals surface area contributed by atoms with Crippen LogP contribution in [0.3, 0.4) is 0 Å². The number of Topliss-reactive ketones (excluding diaryl/α,β-unsaturated/α-hetero) is 1. The zero-order valence-corrected chi connectivity index (χ0v) is 25.7. The lowest BCUT2D eigenvalue weighted by Gasteiger charge is -2.20. The van der Waals surface area contributed by atoms with Crippen LogP contribution in [0.5, 0.6) is 5.75 Å². The molecule has 2 aromatic carbocycles. The van der Waals surface area contributed by atoms with Gasteiger partial charge >= 0.3 is 8.25 Å². The lowest BCUT2D eigenvalue weighted by atomic mass is 9.87. The molecule has 2 aliphatic carbocycles. The summed E-state index contributed by atoms with van der Waals surface area (Å²) in [5, 5.41) is 21.6. The Hall–Kier alpha value is -3.17. The predicted octanol–water partition coefficient (Wildman–Crippen LogP) is 6.91. The van der Waals surface area contributed by atoms with Crippen LogP contribution in [0.25, 0.3) is 33.4 Å². The first kappa shape index (κ1) is 31.3. The molecule has 43 heavy (non-hydrogen) atoms. The molecule has 0 amide bonds. The minimum absolute atomic E-state index is 0.00466. The van der Waals surface area contributed by atoms with Crippen LogP contribution in [0, 0.1) is 18.8 Å². The molecule has 2 aromatic rings. The summed E-state index contributed by atoms with van der Waals surface area (Å²) >= 11 is 13.0. The summed E-state index contributed by atoms with van der Waals surface area (Å²) in [4.78, 5) is 38.0. The molecule has 4 unspecified atom stereocenters. The van der Waals surface area contributed by atoms with Crippen LogP contribution in [0.1, 0.15) is 40.7 Å². The highest BCUT2D eigenvalue weighted by molar-refractivity contribution is 7.33. The molecule has 9 nitrogen and oxygen atoms in total. The van der Waals surface area contributed by atoms with E-state index in [-0.39, 0.29) is 70.3 Å². The number of benzene rings is 3. The maximum absolute atomic E-state index is 13.3. The van der Waals surface area contributed by atoms with Gasteiger partial charge in [-0.2, -0.15) is 0 Å². The maximum atomic E-state index is 13.3. The molecule has 1 fully saturated rings. The van der Waals surface area contributed by atoms with Crippen molar-refractivity contribution in [1.82, 2.24) is 0 Å². The minimum Gasteiger partial charge on any atom is -0.506 e. The van der Waals surface area contributed by atoms with Crippen molar-refractivity contribution in [3.8, 4) is 28.2 Å². The number of phenols is 1. The van der Waals surface area contributed by atoms with Gasteiger partial charge in [-0.05, 0) is 55.4 Å². The van der Waals surface area contributed by atoms with Crippen molar-refractivity contribution in [2.45, 2.75) is 38.7 Å². The number of aliphatic hydroxyl groups is 1. The molecule has 0 saturated heterocycles. The summed E-state index contributed by atoms with van der Waals surface area (Å²) in [7, 11) is -1.06. The zero-order valence-electron chi connectivity index (χ0n) is 23.3. The molecule has 0 bridgehead atoms. The van der Waals surface area contributed by atoms with Crippen LogP contribution >= 0.6 is 31.5 Å². The van der Waals surface area contributed by atoms with Crippen LogP contribution in [0.2, 0.25) is 10.0 Å². The molecule has 5 rings (SSSR count). The van der Waals surface area contributed by atoms with Crippen LogP contribution in [-0.2, 0) is 24.8 Å². The molecule has 0 spiro atoms. The molecular formula is C31H28Cl2O9P+. The van der Waals surface area contributed by atoms with E-state index in [0.29, 0.717) is 45.9 Å². The fourth-order valence-corrected chi connectivity index (χ4v) is 6.83. The molecule has 224 valence electrons. The number of ketones is 1. The van der Waals surface area contributed by atoms with E-state index in [1.165, 1.54) is 13.2 Å². The van der Waals surface area contributed by atoms with Crippen molar-refractivity contribution < 1.29 is 37.8 Å². The summed E-state index contributed by atoms with van der Waals surface area (Å²) in [6.07, 6.45) is 0.742. The van der Waals surface area contributed by atoms with Gasteiger partial charge in [0.25, 0.3) is 0 Å². The summed E-state index contributed by atoms with van der Waals surface area (Å²) in [6.45, 7) is 1.57. The molecule has 0 radical (unpaired) electrons. The highest BCUT2D eigenvalue weighted by Gasteiger charge is 2.39. The van der Waals surface area contributed by atoms with Crippen molar-refractivity contribution >= 4 is 54.5 Å². The number of hydrogen-bond donors (Lipinski definition) is 2. The first-order chi connectivity index (χ1) is 20.5. The molecule has 12 heteroatoms. The first-order valence-electron chi connectivity index (χ1n) is 13.5. The predicted molar refractivity (Wildman–Crippen MR) is 162 cm³/mol. The number of aryl methyl sites for hydroxylation is 1. The number of carbonyl (C=O) groups excluding carboxylic acids is 2. The molecule has 2 N–H and O–H groups in total. The second kappa shape index (κ2) is 12.8. The Morgan fingerprint density at radius 1 is 1.19 bits per heavy atom. The number of hydrogen-bond acceptors (Lipinski definition) is 9. The lowest BCUT2D eigenvalue weighted by Crippen LogP contribution is -2.22. The third-order valence-electron chi connectivity index (χ3n) is 8.06. The van der Waals surface area contributed by atoms with Gasteiger partial charge in [0.15, 0.2) is 11.9 Å². The van der Waals surface area contributed by atoms with E-state index in [1.54, 1.807) is 37.3 Å². The number of carbonyl (C=O) groups is 2. The summed E-state index contributed by atoms with van der Waals surface area (Å²) < 4.78 is 27.5. The molecule has 1 saturated carbocycles. The van der Waals surface area contributed by atoms with Crippen molar-refractivity contribution in [3.05, 3.63) is 73.4 Å². The van der Waals surface area contributed by atoms with E-state index in [9.17, 15) is 29.2 Å². The van der Waals surface area contributed by atoms with Crippen molar-refractivity contribution in [2.75, 3.05) is 13.7 Å². The highest BCUT2D eigenvalue weighted by atomic mass is 35.5. The number of aliphatic hydroxyl groups excluding tert-OH is 1. The van der Waals surface area contributed by atoms with Gasteiger partial charge in [-0.1, -0.05) is 47.5 Å². The Balaban J connectivity index is 1.59. The summed E-state index contributed by atoms with van der Waals surface area (Å²) in [5.74, 6) is -1.06. The zero-order chi connectivity index (χ0) is 31.0.